The quantitative estimate of drug-likeness (QED) is 0.476. The topological polar surface area (TPSA) is 71.3 Å². The van der Waals surface area contributed by atoms with Gasteiger partial charge < -0.3 is 5.21 Å². The molecule has 0 atom stereocenters. The van der Waals surface area contributed by atoms with Crippen molar-refractivity contribution in [2.45, 2.75) is 6.92 Å². The molecule has 0 saturated carbocycles. The summed E-state index contributed by atoms with van der Waals surface area (Å²) in [4.78, 5) is 3.99. The minimum Gasteiger partial charge on any atom is -0.411 e. The van der Waals surface area contributed by atoms with E-state index in [-0.39, 0.29) is 0 Å². The highest BCUT2D eigenvalue weighted by atomic mass is 32.1. The molecule has 5 nitrogen and oxygen atoms in total. The molecule has 0 aromatic carbocycles. The van der Waals surface area contributed by atoms with E-state index in [0.29, 0.717) is 10.7 Å². The van der Waals surface area contributed by atoms with Crippen LogP contribution >= 0.6 is 11.3 Å². The van der Waals surface area contributed by atoms with Crippen molar-refractivity contribution in [2.24, 2.45) is 5.16 Å². The van der Waals surface area contributed by atoms with Crippen LogP contribution in [0.15, 0.2) is 29.7 Å². The van der Waals surface area contributed by atoms with Crippen LogP contribution in [-0.2, 0) is 0 Å². The van der Waals surface area contributed by atoms with E-state index in [1.165, 1.54) is 11.3 Å². The maximum absolute atomic E-state index is 8.58. The van der Waals surface area contributed by atoms with Crippen LogP contribution in [0.3, 0.4) is 0 Å². The van der Waals surface area contributed by atoms with Crippen molar-refractivity contribution in [1.29, 1.82) is 0 Å². The van der Waals surface area contributed by atoms with Crippen LogP contribution in [0, 0.1) is 0 Å². The Bertz CT molecular complexity index is 480. The van der Waals surface area contributed by atoms with E-state index in [1.54, 1.807) is 19.3 Å². The molecule has 6 heteroatoms. The van der Waals surface area contributed by atoms with Gasteiger partial charge in [0.15, 0.2) is 5.01 Å². The van der Waals surface area contributed by atoms with E-state index in [4.69, 9.17) is 5.21 Å². The first kappa shape index (κ1) is 9.72. The molecule has 2 rings (SSSR count). The van der Waals surface area contributed by atoms with E-state index in [2.05, 4.69) is 20.3 Å². The lowest BCUT2D eigenvalue weighted by Crippen LogP contribution is -1.92. The van der Waals surface area contributed by atoms with Crippen LogP contribution in [0.25, 0.3) is 10.6 Å². The average molecular weight is 220 g/mol. The smallest absolute Gasteiger partial charge is 0.165 e. The van der Waals surface area contributed by atoms with Gasteiger partial charge in [-0.15, -0.1) is 10.2 Å². The second-order valence-electron chi connectivity index (χ2n) is 2.84. The molecule has 0 aliphatic carbocycles. The Balaban J connectivity index is 2.36. The van der Waals surface area contributed by atoms with E-state index in [1.807, 2.05) is 12.1 Å². The molecule has 1 N–H and O–H groups in total. The molecule has 0 radical (unpaired) electrons. The van der Waals surface area contributed by atoms with E-state index < -0.39 is 0 Å². The van der Waals surface area contributed by atoms with Gasteiger partial charge in [-0.3, -0.25) is 4.98 Å². The third kappa shape index (κ3) is 1.99. The van der Waals surface area contributed by atoms with Crippen molar-refractivity contribution in [3.05, 3.63) is 29.5 Å². The van der Waals surface area contributed by atoms with Gasteiger partial charge in [-0.05, 0) is 19.1 Å². The molecule has 76 valence electrons. The van der Waals surface area contributed by atoms with E-state index in [9.17, 15) is 0 Å². The van der Waals surface area contributed by atoms with Gasteiger partial charge >= 0.3 is 0 Å². The monoisotopic (exact) mass is 220 g/mol. The fourth-order valence-electron chi connectivity index (χ4n) is 1.02. The number of nitrogens with zero attached hydrogens (tertiary/aromatic N) is 4. The fourth-order valence-corrected chi connectivity index (χ4v) is 1.79. The van der Waals surface area contributed by atoms with Crippen molar-refractivity contribution >= 4 is 17.0 Å². The van der Waals surface area contributed by atoms with Crippen LogP contribution in [-0.4, -0.2) is 26.1 Å². The molecular formula is C9H8N4OS. The maximum atomic E-state index is 8.58. The van der Waals surface area contributed by atoms with Gasteiger partial charge in [-0.2, -0.15) is 0 Å². The molecule has 2 heterocycles. The van der Waals surface area contributed by atoms with Gasteiger partial charge in [-0.25, -0.2) is 0 Å². The lowest BCUT2D eigenvalue weighted by molar-refractivity contribution is 0.319. The van der Waals surface area contributed by atoms with Crippen LogP contribution in [0.4, 0.5) is 0 Å². The third-order valence-corrected chi connectivity index (χ3v) is 2.87. The second-order valence-corrected chi connectivity index (χ2v) is 3.82. The SMILES string of the molecule is CC(=NO)c1nnc(-c2cccnc2)s1. The first-order valence-corrected chi connectivity index (χ1v) is 5.06. The third-order valence-electron chi connectivity index (χ3n) is 1.79. The van der Waals surface area contributed by atoms with Gasteiger partial charge in [0.05, 0.1) is 0 Å². The highest BCUT2D eigenvalue weighted by molar-refractivity contribution is 7.16. The highest BCUT2D eigenvalue weighted by Gasteiger charge is 2.08. The Morgan fingerprint density at radius 3 is 3.00 bits per heavy atom. The largest absolute Gasteiger partial charge is 0.411 e. The summed E-state index contributed by atoms with van der Waals surface area (Å²) in [5.41, 5.74) is 1.37. The minimum absolute atomic E-state index is 0.461. The molecule has 0 bridgehead atoms. The Morgan fingerprint density at radius 2 is 2.33 bits per heavy atom. The van der Waals surface area contributed by atoms with Crippen molar-refractivity contribution in [3.63, 3.8) is 0 Å². The molecule has 2 aromatic heterocycles. The van der Waals surface area contributed by atoms with Gasteiger partial charge in [0.25, 0.3) is 0 Å². The normalized spacial score (nSPS) is 11.7. The summed E-state index contributed by atoms with van der Waals surface area (Å²) in [5, 5.41) is 20.9. The Kier molecular flexibility index (Phi) is 2.68. The molecule has 0 amide bonds. The highest BCUT2D eigenvalue weighted by Crippen LogP contribution is 2.22. The molecule has 2 aromatic rings. The summed E-state index contributed by atoms with van der Waals surface area (Å²) in [6.07, 6.45) is 3.42. The van der Waals surface area contributed by atoms with Crippen LogP contribution in [0.5, 0.6) is 0 Å². The number of hydrogen-bond donors (Lipinski definition) is 1. The molecular weight excluding hydrogens is 212 g/mol. The van der Waals surface area contributed by atoms with Crippen molar-refractivity contribution in [1.82, 2.24) is 15.2 Å². The summed E-state index contributed by atoms with van der Waals surface area (Å²) >= 11 is 1.37. The Hall–Kier alpha value is -1.82. The first-order valence-electron chi connectivity index (χ1n) is 4.24. The standard InChI is InChI=1S/C9H8N4OS/c1-6(13-14)8-11-12-9(15-8)7-3-2-4-10-5-7/h2-5,14H,1H3. The van der Waals surface area contributed by atoms with Crippen molar-refractivity contribution in [2.75, 3.05) is 0 Å². The Labute approximate surface area is 90.1 Å². The van der Waals surface area contributed by atoms with Gasteiger partial charge in [0, 0.05) is 18.0 Å². The van der Waals surface area contributed by atoms with Crippen LogP contribution < -0.4 is 0 Å². The number of hydrogen-bond acceptors (Lipinski definition) is 6. The number of rotatable bonds is 2. The van der Waals surface area contributed by atoms with E-state index >= 15 is 0 Å². The second kappa shape index (κ2) is 4.14. The Morgan fingerprint density at radius 1 is 1.47 bits per heavy atom. The molecule has 0 fully saturated rings. The molecule has 0 aliphatic heterocycles. The zero-order valence-corrected chi connectivity index (χ0v) is 8.77. The van der Waals surface area contributed by atoms with Crippen LogP contribution in [0.2, 0.25) is 0 Å². The predicted octanol–water partition coefficient (Wildman–Crippen LogP) is 1.80. The van der Waals surface area contributed by atoms with E-state index in [0.717, 1.165) is 10.6 Å². The lowest BCUT2D eigenvalue weighted by atomic mass is 10.3. The zero-order valence-electron chi connectivity index (χ0n) is 7.95. The average Bonchev–Trinajstić information content (AvgIpc) is 2.78. The van der Waals surface area contributed by atoms with Crippen LogP contribution in [0.1, 0.15) is 11.9 Å². The summed E-state index contributed by atoms with van der Waals surface area (Å²) in [5.74, 6) is 0. The zero-order chi connectivity index (χ0) is 10.7. The van der Waals surface area contributed by atoms with Crippen molar-refractivity contribution in [3.8, 4) is 10.6 Å². The number of oxime groups is 1. The molecule has 0 aliphatic rings. The number of aromatic nitrogens is 3. The molecule has 0 spiro atoms. The minimum atomic E-state index is 0.461. The molecule has 0 unspecified atom stereocenters. The predicted molar refractivity (Wildman–Crippen MR) is 57.1 cm³/mol. The van der Waals surface area contributed by atoms with Gasteiger partial charge in [0.2, 0.25) is 0 Å². The maximum Gasteiger partial charge on any atom is 0.165 e. The lowest BCUT2D eigenvalue weighted by Gasteiger charge is -1.90. The molecule has 0 saturated heterocycles. The molecule has 15 heavy (non-hydrogen) atoms. The van der Waals surface area contributed by atoms with Gasteiger partial charge in [0.1, 0.15) is 10.7 Å². The number of pyridine rings is 1. The van der Waals surface area contributed by atoms with Gasteiger partial charge in [-0.1, -0.05) is 16.5 Å². The summed E-state index contributed by atoms with van der Waals surface area (Å²) in [6.45, 7) is 1.67. The van der Waals surface area contributed by atoms with Crippen molar-refractivity contribution < 1.29 is 5.21 Å². The summed E-state index contributed by atoms with van der Waals surface area (Å²) < 4.78 is 0. The fraction of sp³-hybridized carbons (Fsp3) is 0.111. The first-order chi connectivity index (χ1) is 7.31. The summed E-state index contributed by atoms with van der Waals surface area (Å²) in [6, 6.07) is 3.74. The summed E-state index contributed by atoms with van der Waals surface area (Å²) in [7, 11) is 0.